The molecule has 0 aliphatic carbocycles. The summed E-state index contributed by atoms with van der Waals surface area (Å²) in [6.45, 7) is 0.538. The predicted octanol–water partition coefficient (Wildman–Crippen LogP) is 3.73. The van der Waals surface area contributed by atoms with Gasteiger partial charge in [-0.05, 0) is 29.8 Å². The fraction of sp³-hybridized carbons (Fsp3) is 0.0714. The molecule has 0 saturated carbocycles. The van der Waals surface area contributed by atoms with Crippen LogP contribution in [0.1, 0.15) is 11.1 Å². The molecule has 2 nitrogen and oxygen atoms in total. The number of rotatable bonds is 4. The molecule has 0 aliphatic heterocycles. The van der Waals surface area contributed by atoms with E-state index in [0.29, 0.717) is 17.1 Å². The van der Waals surface area contributed by atoms with Gasteiger partial charge in [-0.2, -0.15) is 0 Å². The van der Waals surface area contributed by atoms with Gasteiger partial charge in [0.25, 0.3) is 0 Å². The SMILES string of the molecule is NC(=S)c1c(Cl)cccc1NCc1ccc(F)cc1. The second kappa shape index (κ2) is 5.99. The number of nitrogens with one attached hydrogen (secondary N) is 1. The highest BCUT2D eigenvalue weighted by atomic mass is 35.5. The van der Waals surface area contributed by atoms with Crippen LogP contribution >= 0.6 is 23.8 Å². The van der Waals surface area contributed by atoms with E-state index in [0.717, 1.165) is 11.3 Å². The molecule has 2 aromatic carbocycles. The first-order valence-corrected chi connectivity index (χ1v) is 6.43. The van der Waals surface area contributed by atoms with Gasteiger partial charge in [0.2, 0.25) is 0 Å². The molecule has 0 atom stereocenters. The number of nitrogens with two attached hydrogens (primary N) is 1. The van der Waals surface area contributed by atoms with E-state index in [1.165, 1.54) is 12.1 Å². The third-order valence-electron chi connectivity index (χ3n) is 2.66. The molecule has 0 saturated heterocycles. The number of hydrogen-bond donors (Lipinski definition) is 2. The van der Waals surface area contributed by atoms with Gasteiger partial charge in [0.1, 0.15) is 10.8 Å². The lowest BCUT2D eigenvalue weighted by atomic mass is 10.1. The first-order valence-electron chi connectivity index (χ1n) is 5.64. The zero-order valence-corrected chi connectivity index (χ0v) is 11.6. The summed E-state index contributed by atoms with van der Waals surface area (Å²) >= 11 is 11.1. The van der Waals surface area contributed by atoms with Crippen LogP contribution in [0.3, 0.4) is 0 Å². The predicted molar refractivity (Wildman–Crippen MR) is 81.1 cm³/mol. The van der Waals surface area contributed by atoms with Crippen LogP contribution in [0.5, 0.6) is 0 Å². The third kappa shape index (κ3) is 3.43. The van der Waals surface area contributed by atoms with Gasteiger partial charge < -0.3 is 11.1 Å². The molecule has 0 bridgehead atoms. The monoisotopic (exact) mass is 294 g/mol. The maximum absolute atomic E-state index is 12.8. The van der Waals surface area contributed by atoms with Crippen LogP contribution in [0.15, 0.2) is 42.5 Å². The Morgan fingerprint density at radius 3 is 2.53 bits per heavy atom. The van der Waals surface area contributed by atoms with E-state index in [1.54, 1.807) is 18.2 Å². The lowest BCUT2D eigenvalue weighted by molar-refractivity contribution is 0.627. The first kappa shape index (κ1) is 13.8. The van der Waals surface area contributed by atoms with Crippen LogP contribution in [0.4, 0.5) is 10.1 Å². The molecule has 0 fully saturated rings. The van der Waals surface area contributed by atoms with Crippen molar-refractivity contribution in [1.29, 1.82) is 0 Å². The molecule has 0 unspecified atom stereocenters. The van der Waals surface area contributed by atoms with Gasteiger partial charge in [-0.3, -0.25) is 0 Å². The van der Waals surface area contributed by atoms with Gasteiger partial charge in [0.15, 0.2) is 0 Å². The summed E-state index contributed by atoms with van der Waals surface area (Å²) in [4.78, 5) is 0.243. The van der Waals surface area contributed by atoms with Crippen molar-refractivity contribution in [2.24, 2.45) is 5.73 Å². The number of benzene rings is 2. The highest BCUT2D eigenvalue weighted by Crippen LogP contribution is 2.24. The summed E-state index contributed by atoms with van der Waals surface area (Å²) in [5.74, 6) is -0.254. The van der Waals surface area contributed by atoms with Crippen molar-refractivity contribution < 1.29 is 4.39 Å². The fourth-order valence-corrected chi connectivity index (χ4v) is 2.27. The van der Waals surface area contributed by atoms with Crippen LogP contribution in [-0.4, -0.2) is 4.99 Å². The van der Waals surface area contributed by atoms with Gasteiger partial charge in [0.05, 0.1) is 10.6 Å². The van der Waals surface area contributed by atoms with E-state index in [4.69, 9.17) is 29.6 Å². The standard InChI is InChI=1S/C14H12ClFN2S/c15-11-2-1-3-12(13(11)14(17)19)18-8-9-4-6-10(16)7-5-9/h1-7,18H,8H2,(H2,17,19). The molecule has 2 rings (SSSR count). The van der Waals surface area contributed by atoms with E-state index < -0.39 is 0 Å². The lowest BCUT2D eigenvalue weighted by Gasteiger charge is -2.12. The molecule has 5 heteroatoms. The summed E-state index contributed by atoms with van der Waals surface area (Å²) in [5.41, 5.74) is 8.01. The highest BCUT2D eigenvalue weighted by Gasteiger charge is 2.09. The van der Waals surface area contributed by atoms with Crippen molar-refractivity contribution in [3.8, 4) is 0 Å². The minimum atomic E-state index is -0.254. The Balaban J connectivity index is 2.18. The molecule has 19 heavy (non-hydrogen) atoms. The zero-order chi connectivity index (χ0) is 13.8. The second-order valence-corrected chi connectivity index (χ2v) is 4.85. The summed E-state index contributed by atoms with van der Waals surface area (Å²) < 4.78 is 12.8. The van der Waals surface area contributed by atoms with Crippen molar-refractivity contribution in [2.75, 3.05) is 5.32 Å². The van der Waals surface area contributed by atoms with Crippen LogP contribution in [-0.2, 0) is 6.54 Å². The average molecular weight is 295 g/mol. The molecule has 3 N–H and O–H groups in total. The fourth-order valence-electron chi connectivity index (χ4n) is 1.72. The Bertz CT molecular complexity index is 599. The van der Waals surface area contributed by atoms with Gasteiger partial charge in [-0.15, -0.1) is 0 Å². The average Bonchev–Trinajstić information content (AvgIpc) is 2.37. The van der Waals surface area contributed by atoms with Crippen molar-refractivity contribution in [3.63, 3.8) is 0 Å². The molecular formula is C14H12ClFN2S. The van der Waals surface area contributed by atoms with Gasteiger partial charge in [-0.1, -0.05) is 42.0 Å². The smallest absolute Gasteiger partial charge is 0.123 e. The first-order chi connectivity index (χ1) is 9.08. The Morgan fingerprint density at radius 2 is 1.89 bits per heavy atom. The highest BCUT2D eigenvalue weighted by molar-refractivity contribution is 7.80. The van der Waals surface area contributed by atoms with E-state index in [2.05, 4.69) is 5.32 Å². The Hall–Kier alpha value is -1.65. The molecule has 0 heterocycles. The van der Waals surface area contributed by atoms with Gasteiger partial charge in [-0.25, -0.2) is 4.39 Å². The van der Waals surface area contributed by atoms with Crippen LogP contribution in [0.2, 0.25) is 5.02 Å². The maximum atomic E-state index is 12.8. The molecule has 0 amide bonds. The minimum Gasteiger partial charge on any atom is -0.389 e. The van der Waals surface area contributed by atoms with Gasteiger partial charge in [0, 0.05) is 12.2 Å². The van der Waals surface area contributed by atoms with E-state index in [9.17, 15) is 4.39 Å². The molecule has 2 aromatic rings. The summed E-state index contributed by atoms with van der Waals surface area (Å²) in [6, 6.07) is 11.7. The van der Waals surface area contributed by atoms with Crippen molar-refractivity contribution in [3.05, 3.63) is 64.4 Å². The third-order valence-corrected chi connectivity index (χ3v) is 3.18. The molecule has 0 aliphatic rings. The van der Waals surface area contributed by atoms with E-state index in [-0.39, 0.29) is 10.8 Å². The number of thiocarbonyl (C=S) groups is 1. The molecular weight excluding hydrogens is 283 g/mol. The van der Waals surface area contributed by atoms with Crippen molar-refractivity contribution in [2.45, 2.75) is 6.54 Å². The second-order valence-electron chi connectivity index (χ2n) is 4.01. The molecule has 0 spiro atoms. The van der Waals surface area contributed by atoms with Crippen LogP contribution in [0, 0.1) is 5.82 Å². The van der Waals surface area contributed by atoms with Crippen molar-refractivity contribution >= 4 is 34.5 Å². The molecule has 0 radical (unpaired) electrons. The van der Waals surface area contributed by atoms with Crippen molar-refractivity contribution in [1.82, 2.24) is 0 Å². The Labute approximate surface area is 121 Å². The van der Waals surface area contributed by atoms with Crippen LogP contribution in [0.25, 0.3) is 0 Å². The summed E-state index contributed by atoms with van der Waals surface area (Å²) in [6.07, 6.45) is 0. The Kier molecular flexibility index (Phi) is 4.35. The van der Waals surface area contributed by atoms with Crippen LogP contribution < -0.4 is 11.1 Å². The topological polar surface area (TPSA) is 38.0 Å². The zero-order valence-electron chi connectivity index (χ0n) is 9.99. The van der Waals surface area contributed by atoms with Gasteiger partial charge >= 0.3 is 0 Å². The molecule has 98 valence electrons. The normalized spacial score (nSPS) is 10.2. The summed E-state index contributed by atoms with van der Waals surface area (Å²) in [7, 11) is 0. The minimum absolute atomic E-state index is 0.243. The Morgan fingerprint density at radius 1 is 1.21 bits per heavy atom. The number of hydrogen-bond acceptors (Lipinski definition) is 2. The van der Waals surface area contributed by atoms with E-state index >= 15 is 0 Å². The quantitative estimate of drug-likeness (QED) is 0.844. The summed E-state index contributed by atoms with van der Waals surface area (Å²) in [5, 5.41) is 3.71. The largest absolute Gasteiger partial charge is 0.389 e. The number of halogens is 2. The molecule has 0 aromatic heterocycles. The number of anilines is 1. The lowest BCUT2D eigenvalue weighted by Crippen LogP contribution is -2.14. The maximum Gasteiger partial charge on any atom is 0.123 e. The van der Waals surface area contributed by atoms with E-state index in [1.807, 2.05) is 12.1 Å².